The van der Waals surface area contributed by atoms with Gasteiger partial charge in [0.05, 0.1) is 0 Å². The molecular formula is C24H24BFI3-. The molecule has 0 N–H and O–H groups in total. The molecule has 3 aromatic carbocycles. The van der Waals surface area contributed by atoms with Crippen LogP contribution in [0.5, 0.6) is 0 Å². The van der Waals surface area contributed by atoms with Crippen LogP contribution >= 0.6 is 67.8 Å². The van der Waals surface area contributed by atoms with Crippen molar-refractivity contribution in [2.45, 2.75) is 41.5 Å². The summed E-state index contributed by atoms with van der Waals surface area (Å²) in [7, 11) is 0. The van der Waals surface area contributed by atoms with Gasteiger partial charge in [0.1, 0.15) is 0 Å². The molecule has 0 saturated carbocycles. The molecule has 0 atom stereocenters. The molecular weight excluding hydrogens is 699 g/mol. The summed E-state index contributed by atoms with van der Waals surface area (Å²) in [5, 5.41) is 0. The molecule has 152 valence electrons. The molecule has 0 nitrogen and oxygen atoms in total. The van der Waals surface area contributed by atoms with E-state index < -0.39 is 6.42 Å². The number of halogens is 4. The molecule has 29 heavy (non-hydrogen) atoms. The van der Waals surface area contributed by atoms with Gasteiger partial charge in [-0.05, 0) is 155 Å². The Bertz CT molecular complexity index is 982. The van der Waals surface area contributed by atoms with Crippen LogP contribution in [0.25, 0.3) is 0 Å². The lowest BCUT2D eigenvalue weighted by atomic mass is 9.31. The van der Waals surface area contributed by atoms with Crippen LogP contribution in [0, 0.1) is 52.3 Å². The first-order valence-electron chi connectivity index (χ1n) is 9.62. The third-order valence-electron chi connectivity index (χ3n) is 6.12. The SMILES string of the molecule is Cc1cc(I)c([B-](F)(c2cc(C)c(C)cc2I)c2cc(C)c(C)cc2I)cc1C. The summed E-state index contributed by atoms with van der Waals surface area (Å²) in [4.78, 5) is 0. The molecule has 0 aliphatic rings. The van der Waals surface area contributed by atoms with E-state index in [4.69, 9.17) is 0 Å². The highest BCUT2D eigenvalue weighted by atomic mass is 127. The van der Waals surface area contributed by atoms with Gasteiger partial charge in [-0.25, -0.2) is 0 Å². The number of rotatable bonds is 3. The van der Waals surface area contributed by atoms with Crippen molar-refractivity contribution < 1.29 is 4.32 Å². The van der Waals surface area contributed by atoms with E-state index in [2.05, 4.69) is 146 Å². The number of hydrogen-bond acceptors (Lipinski definition) is 0. The molecule has 0 spiro atoms. The van der Waals surface area contributed by atoms with E-state index in [1.807, 2.05) is 0 Å². The van der Waals surface area contributed by atoms with E-state index in [1.54, 1.807) is 0 Å². The molecule has 3 rings (SSSR count). The molecule has 0 aromatic heterocycles. The van der Waals surface area contributed by atoms with Gasteiger partial charge in [-0.3, -0.25) is 0 Å². The molecule has 5 heteroatoms. The van der Waals surface area contributed by atoms with Crippen molar-refractivity contribution in [2.24, 2.45) is 0 Å². The smallest absolute Gasteiger partial charge is 0.237 e. The standard InChI is InChI=1S/C24H24BFI3/c1-13-7-19(22(27)10-16(13)4)25(26,20-8-14(2)17(5)11-23(20)28)21-9-15(3)18(6)12-24(21)29/h7-12H,1-6H3/q-1. The predicted octanol–water partition coefficient (Wildman–Crippen LogP) is 6.29. The highest BCUT2D eigenvalue weighted by molar-refractivity contribution is 14.1. The summed E-state index contributed by atoms with van der Waals surface area (Å²) in [6, 6.07) is 12.5. The van der Waals surface area contributed by atoms with Crippen LogP contribution in [0.3, 0.4) is 0 Å². The third-order valence-corrected chi connectivity index (χ3v) is 8.93. The summed E-state index contributed by atoms with van der Waals surface area (Å²) in [6.07, 6.45) is -2.61. The fraction of sp³-hybridized carbons (Fsp3) is 0.250. The van der Waals surface area contributed by atoms with Gasteiger partial charge in [-0.1, -0.05) is 34.9 Å². The van der Waals surface area contributed by atoms with E-state index >= 15 is 4.32 Å². The second-order valence-electron chi connectivity index (χ2n) is 8.13. The van der Waals surface area contributed by atoms with E-state index in [1.165, 1.54) is 16.7 Å². The summed E-state index contributed by atoms with van der Waals surface area (Å²) in [5.41, 5.74) is 9.33. The van der Waals surface area contributed by atoms with Gasteiger partial charge in [0, 0.05) is 0 Å². The molecule has 3 aromatic rings. The molecule has 0 aliphatic heterocycles. The molecule has 0 amide bonds. The highest BCUT2D eigenvalue weighted by Crippen LogP contribution is 2.23. The van der Waals surface area contributed by atoms with Crippen LogP contribution in [0.4, 0.5) is 4.32 Å². The van der Waals surface area contributed by atoms with Gasteiger partial charge >= 0.3 is 0 Å². The molecule has 0 aliphatic carbocycles. The fourth-order valence-electron chi connectivity index (χ4n) is 3.83. The second kappa shape index (κ2) is 8.77. The lowest BCUT2D eigenvalue weighted by molar-refractivity contribution is 0.840. The molecule has 0 heterocycles. The lowest BCUT2D eigenvalue weighted by Gasteiger charge is -2.39. The zero-order chi connectivity index (χ0) is 21.7. The van der Waals surface area contributed by atoms with Crippen LogP contribution in [0.1, 0.15) is 33.4 Å². The predicted molar refractivity (Wildman–Crippen MR) is 152 cm³/mol. The first-order valence-corrected chi connectivity index (χ1v) is 12.9. The number of aryl methyl sites for hydroxylation is 6. The van der Waals surface area contributed by atoms with Crippen LogP contribution < -0.4 is 16.4 Å². The summed E-state index contributed by atoms with van der Waals surface area (Å²) >= 11 is 6.92. The van der Waals surface area contributed by atoms with Crippen molar-refractivity contribution >= 4 is 90.6 Å². The molecule has 0 saturated heterocycles. The summed E-state index contributed by atoms with van der Waals surface area (Å²) in [6.45, 7) is 12.5. The maximum atomic E-state index is 17.8. The van der Waals surface area contributed by atoms with Crippen molar-refractivity contribution in [3.05, 3.63) is 80.5 Å². The average Bonchev–Trinajstić information content (AvgIpc) is 2.63. The van der Waals surface area contributed by atoms with Crippen molar-refractivity contribution in [3.8, 4) is 0 Å². The largest absolute Gasteiger partial charge is 0.498 e. The van der Waals surface area contributed by atoms with Crippen LogP contribution in [-0.4, -0.2) is 6.42 Å². The normalized spacial score (nSPS) is 11.8. The number of benzene rings is 3. The van der Waals surface area contributed by atoms with Crippen LogP contribution in [0.15, 0.2) is 36.4 Å². The lowest BCUT2D eigenvalue weighted by Crippen LogP contribution is -2.66. The monoisotopic (exact) mass is 723 g/mol. The van der Waals surface area contributed by atoms with Gasteiger partial charge in [0.2, 0.25) is 6.42 Å². The van der Waals surface area contributed by atoms with Gasteiger partial charge < -0.3 is 4.32 Å². The Morgan fingerprint density at radius 3 is 0.931 bits per heavy atom. The Balaban J connectivity index is 2.48. The first-order chi connectivity index (χ1) is 13.5. The van der Waals surface area contributed by atoms with Crippen molar-refractivity contribution in [2.75, 3.05) is 0 Å². The average molecular weight is 723 g/mol. The minimum absolute atomic E-state index is 0.788. The van der Waals surface area contributed by atoms with Crippen molar-refractivity contribution in [1.29, 1.82) is 0 Å². The second-order valence-corrected chi connectivity index (χ2v) is 11.6. The zero-order valence-electron chi connectivity index (χ0n) is 17.6. The maximum absolute atomic E-state index is 17.8. The Morgan fingerprint density at radius 1 is 0.483 bits per heavy atom. The van der Waals surface area contributed by atoms with Crippen molar-refractivity contribution in [1.82, 2.24) is 0 Å². The summed E-state index contributed by atoms with van der Waals surface area (Å²) in [5.74, 6) is 0. The molecule has 0 fully saturated rings. The Kier molecular flexibility index (Phi) is 7.11. The van der Waals surface area contributed by atoms with E-state index in [0.717, 1.165) is 43.8 Å². The third kappa shape index (κ3) is 4.29. The van der Waals surface area contributed by atoms with Crippen LogP contribution in [-0.2, 0) is 0 Å². The van der Waals surface area contributed by atoms with Gasteiger partial charge in [0.25, 0.3) is 0 Å². The fourth-order valence-corrected chi connectivity index (χ4v) is 6.98. The first kappa shape index (κ1) is 23.5. The Labute approximate surface area is 214 Å². The minimum Gasteiger partial charge on any atom is -0.498 e. The van der Waals surface area contributed by atoms with E-state index in [0.29, 0.717) is 0 Å². The Morgan fingerprint density at radius 2 is 0.690 bits per heavy atom. The molecule has 0 bridgehead atoms. The Hall–Kier alpha value is -0.155. The van der Waals surface area contributed by atoms with E-state index in [-0.39, 0.29) is 0 Å². The summed E-state index contributed by atoms with van der Waals surface area (Å²) < 4.78 is 20.7. The van der Waals surface area contributed by atoms with Gasteiger partial charge in [0.15, 0.2) is 0 Å². The van der Waals surface area contributed by atoms with Crippen LogP contribution in [0.2, 0.25) is 0 Å². The topological polar surface area (TPSA) is 0 Å². The minimum atomic E-state index is -2.61. The van der Waals surface area contributed by atoms with E-state index in [9.17, 15) is 0 Å². The molecule has 0 radical (unpaired) electrons. The zero-order valence-corrected chi connectivity index (χ0v) is 24.0. The highest BCUT2D eigenvalue weighted by Gasteiger charge is 2.35. The maximum Gasteiger partial charge on any atom is 0.237 e. The number of hydrogen-bond donors (Lipinski definition) is 0. The molecule has 0 unspecified atom stereocenters. The van der Waals surface area contributed by atoms with Crippen molar-refractivity contribution in [3.63, 3.8) is 0 Å². The van der Waals surface area contributed by atoms with Gasteiger partial charge in [-0.15, -0.1) is 0 Å². The van der Waals surface area contributed by atoms with Gasteiger partial charge in [-0.2, -0.15) is 16.4 Å². The quantitative estimate of drug-likeness (QED) is 0.221.